The standard InChI is InChI=1S/C42H53BrN4O8/c1-5-7-18-33(49)44(4)28(3)36(30-16-12-9-13-17-30)54-41(52)34-35-39(50)47(32(27-48)29-14-10-8-11-15-29)38(42(35)26-31(43)37(34)55-42)40(51)46(19-6-2)21-20-45-22-24-53-25-23-45/h5-6,8-17,28,31-32,34-38,48H,1-2,7,18-27H2,3-4H3/t28-,31?,32-,34+,35-,36+,37+,38+,42-/m1/s1. The van der Waals surface area contributed by atoms with Crippen LogP contribution in [0.3, 0.4) is 0 Å². The van der Waals surface area contributed by atoms with Gasteiger partial charge in [-0.1, -0.05) is 88.7 Å². The maximum atomic E-state index is 15.1. The van der Waals surface area contributed by atoms with Crippen LogP contribution in [0.15, 0.2) is 86.0 Å². The highest BCUT2D eigenvalue weighted by Gasteiger charge is 2.77. The summed E-state index contributed by atoms with van der Waals surface area (Å²) in [5, 5.41) is 11.0. The minimum Gasteiger partial charge on any atom is -0.455 e. The van der Waals surface area contributed by atoms with Crippen molar-refractivity contribution in [1.29, 1.82) is 0 Å². The fourth-order valence-electron chi connectivity index (χ4n) is 8.81. The summed E-state index contributed by atoms with van der Waals surface area (Å²) in [6, 6.07) is 15.8. The Bertz CT molecular complexity index is 1690. The predicted molar refractivity (Wildman–Crippen MR) is 210 cm³/mol. The molecule has 4 heterocycles. The van der Waals surface area contributed by atoms with E-state index in [1.807, 2.05) is 67.6 Å². The molecule has 3 amide bonds. The highest BCUT2D eigenvalue weighted by Crippen LogP contribution is 2.61. The molecule has 9 atom stereocenters. The maximum absolute atomic E-state index is 15.1. The normalized spacial score (nSPS) is 27.5. The zero-order valence-electron chi connectivity index (χ0n) is 31.7. The molecule has 0 aliphatic carbocycles. The molecule has 4 saturated heterocycles. The van der Waals surface area contributed by atoms with Gasteiger partial charge in [0.1, 0.15) is 17.7 Å². The number of alkyl halides is 1. The number of allylic oxidation sites excluding steroid dienone is 1. The molecule has 4 fully saturated rings. The van der Waals surface area contributed by atoms with Crippen LogP contribution >= 0.6 is 15.9 Å². The second kappa shape index (κ2) is 17.9. The summed E-state index contributed by atoms with van der Waals surface area (Å²) in [6.45, 7) is 13.0. The monoisotopic (exact) mass is 820 g/mol. The van der Waals surface area contributed by atoms with Gasteiger partial charge in [-0.3, -0.25) is 24.1 Å². The highest BCUT2D eigenvalue weighted by molar-refractivity contribution is 9.09. The number of carbonyl (C=O) groups excluding carboxylic acids is 4. The van der Waals surface area contributed by atoms with E-state index in [0.717, 1.165) is 13.1 Å². The third-order valence-electron chi connectivity index (χ3n) is 11.8. The number of rotatable bonds is 17. The van der Waals surface area contributed by atoms with E-state index in [1.165, 1.54) is 4.90 Å². The van der Waals surface area contributed by atoms with Gasteiger partial charge in [0, 0.05) is 51.0 Å². The predicted octanol–water partition coefficient (Wildman–Crippen LogP) is 3.91. The first-order chi connectivity index (χ1) is 26.6. The number of aliphatic hydroxyl groups is 1. The van der Waals surface area contributed by atoms with E-state index in [0.29, 0.717) is 50.3 Å². The number of benzene rings is 2. The third-order valence-corrected chi connectivity index (χ3v) is 12.6. The fourth-order valence-corrected chi connectivity index (χ4v) is 9.75. The number of esters is 1. The topological polar surface area (TPSA) is 129 Å². The van der Waals surface area contributed by atoms with Gasteiger partial charge in [-0.25, -0.2) is 0 Å². The molecule has 4 aliphatic rings. The first kappa shape index (κ1) is 40.8. The lowest BCUT2D eigenvalue weighted by Gasteiger charge is -2.40. The fraction of sp³-hybridized carbons (Fsp3) is 0.524. The Morgan fingerprint density at radius 2 is 1.71 bits per heavy atom. The molecule has 2 bridgehead atoms. The van der Waals surface area contributed by atoms with Crippen LogP contribution in [0.4, 0.5) is 0 Å². The lowest BCUT2D eigenvalue weighted by atomic mass is 9.70. The number of hydrogen-bond acceptors (Lipinski definition) is 9. The molecule has 13 heteroatoms. The molecule has 1 unspecified atom stereocenters. The Kier molecular flexibility index (Phi) is 13.3. The van der Waals surface area contributed by atoms with Crippen LogP contribution in [0.25, 0.3) is 0 Å². The summed E-state index contributed by atoms with van der Waals surface area (Å²) < 4.78 is 18.8. The van der Waals surface area contributed by atoms with Gasteiger partial charge < -0.3 is 34.0 Å². The quantitative estimate of drug-likeness (QED) is 0.144. The summed E-state index contributed by atoms with van der Waals surface area (Å²) in [6.07, 6.45) is 2.79. The number of carbonyl (C=O) groups is 4. The van der Waals surface area contributed by atoms with Gasteiger partial charge in [0.2, 0.25) is 17.7 Å². The average Bonchev–Trinajstić information content (AvgIpc) is 3.81. The number of nitrogens with zero attached hydrogens (tertiary/aromatic N) is 4. The number of aliphatic hydroxyl groups excluding tert-OH is 1. The van der Waals surface area contributed by atoms with Crippen LogP contribution in [-0.4, -0.2) is 137 Å². The van der Waals surface area contributed by atoms with E-state index in [1.54, 1.807) is 29.0 Å². The number of hydrogen-bond donors (Lipinski definition) is 1. The van der Waals surface area contributed by atoms with Crippen molar-refractivity contribution in [1.82, 2.24) is 19.6 Å². The van der Waals surface area contributed by atoms with E-state index >= 15 is 9.59 Å². The van der Waals surface area contributed by atoms with E-state index in [9.17, 15) is 14.7 Å². The van der Waals surface area contributed by atoms with Gasteiger partial charge in [-0.2, -0.15) is 0 Å². The molecule has 0 saturated carbocycles. The molecular weight excluding hydrogens is 768 g/mol. The molecule has 296 valence electrons. The zero-order chi connectivity index (χ0) is 39.3. The van der Waals surface area contributed by atoms with Gasteiger partial charge in [0.05, 0.1) is 49.8 Å². The molecule has 6 rings (SSSR count). The van der Waals surface area contributed by atoms with E-state index < -0.39 is 66.3 Å². The Labute approximate surface area is 332 Å². The molecule has 1 spiro atoms. The molecule has 4 aliphatic heterocycles. The van der Waals surface area contributed by atoms with Crippen molar-refractivity contribution < 1.29 is 38.5 Å². The molecule has 1 N–H and O–H groups in total. The SMILES string of the molecule is C=CCCC(=O)N(C)[C@H](C)[C@H](OC(=O)[C@@H]1[C@H]2O[C@@]3(CC2Br)[C@H](C(=O)N(CC=C)CCN2CCOCC2)N([C@H](CO)c2ccccc2)C(=O)[C@@H]13)c1ccccc1. The number of likely N-dealkylation sites (N-methyl/N-ethyl adjacent to an activating group) is 1. The summed E-state index contributed by atoms with van der Waals surface area (Å²) in [5.41, 5.74) is -0.0388. The van der Waals surface area contributed by atoms with Crippen LogP contribution in [-0.2, 0) is 33.4 Å². The number of ether oxygens (including phenoxy) is 3. The number of fused-ring (bicyclic) bond motifs is 1. The van der Waals surface area contributed by atoms with Crippen molar-refractivity contribution in [2.45, 2.75) is 66.9 Å². The van der Waals surface area contributed by atoms with Gasteiger partial charge in [-0.15, -0.1) is 13.2 Å². The van der Waals surface area contributed by atoms with Crippen LogP contribution in [0.1, 0.15) is 49.5 Å². The van der Waals surface area contributed by atoms with Crippen molar-refractivity contribution in [3.63, 3.8) is 0 Å². The van der Waals surface area contributed by atoms with Crippen molar-refractivity contribution in [2.75, 3.05) is 59.6 Å². The zero-order valence-corrected chi connectivity index (χ0v) is 33.3. The molecule has 2 aromatic carbocycles. The van der Waals surface area contributed by atoms with Gasteiger partial charge in [0.15, 0.2) is 0 Å². The first-order valence-corrected chi connectivity index (χ1v) is 20.1. The average molecular weight is 822 g/mol. The van der Waals surface area contributed by atoms with Crippen LogP contribution in [0, 0.1) is 11.8 Å². The second-order valence-corrected chi connectivity index (χ2v) is 16.1. The minimum atomic E-state index is -1.39. The van der Waals surface area contributed by atoms with Crippen molar-refractivity contribution in [3.05, 3.63) is 97.1 Å². The highest BCUT2D eigenvalue weighted by atomic mass is 79.9. The van der Waals surface area contributed by atoms with E-state index in [-0.39, 0.29) is 29.6 Å². The Morgan fingerprint density at radius 3 is 2.33 bits per heavy atom. The van der Waals surface area contributed by atoms with Gasteiger partial charge >= 0.3 is 5.97 Å². The maximum Gasteiger partial charge on any atom is 0.313 e. The molecule has 2 aromatic rings. The summed E-state index contributed by atoms with van der Waals surface area (Å²) in [5.74, 6) is -3.67. The summed E-state index contributed by atoms with van der Waals surface area (Å²) >= 11 is 3.78. The second-order valence-electron chi connectivity index (χ2n) is 14.9. The summed E-state index contributed by atoms with van der Waals surface area (Å²) in [4.78, 5) is 64.7. The summed E-state index contributed by atoms with van der Waals surface area (Å²) in [7, 11) is 1.69. The number of halogens is 1. The minimum absolute atomic E-state index is 0.122. The Hall–Kier alpha value is -3.88. The van der Waals surface area contributed by atoms with E-state index in [2.05, 4.69) is 34.0 Å². The molecular formula is C42H53BrN4O8. The lowest BCUT2D eigenvalue weighted by Crippen LogP contribution is -2.58. The lowest BCUT2D eigenvalue weighted by molar-refractivity contribution is -0.165. The van der Waals surface area contributed by atoms with E-state index in [4.69, 9.17) is 14.2 Å². The van der Waals surface area contributed by atoms with Gasteiger partial charge in [-0.05, 0) is 30.9 Å². The number of amides is 3. The van der Waals surface area contributed by atoms with Crippen LogP contribution in [0.5, 0.6) is 0 Å². The van der Waals surface area contributed by atoms with Crippen molar-refractivity contribution >= 4 is 39.6 Å². The van der Waals surface area contributed by atoms with Crippen LogP contribution < -0.4 is 0 Å². The molecule has 0 radical (unpaired) electrons. The van der Waals surface area contributed by atoms with Crippen LogP contribution in [0.2, 0.25) is 0 Å². The largest absolute Gasteiger partial charge is 0.455 e. The van der Waals surface area contributed by atoms with Crippen molar-refractivity contribution in [2.24, 2.45) is 11.8 Å². The molecule has 12 nitrogen and oxygen atoms in total. The molecule has 55 heavy (non-hydrogen) atoms. The Balaban J connectivity index is 1.37. The van der Waals surface area contributed by atoms with Crippen molar-refractivity contribution in [3.8, 4) is 0 Å². The molecule has 0 aromatic heterocycles. The number of likely N-dealkylation sites (tertiary alicyclic amines) is 1. The van der Waals surface area contributed by atoms with Gasteiger partial charge in [0.25, 0.3) is 0 Å². The Morgan fingerprint density at radius 1 is 1.05 bits per heavy atom. The first-order valence-electron chi connectivity index (χ1n) is 19.2. The smallest absolute Gasteiger partial charge is 0.313 e. The number of morpholine rings is 1. The third kappa shape index (κ3) is 8.04.